The third kappa shape index (κ3) is 10.6. The smallest absolute Gasteiger partial charge is 0.128 e. The zero-order chi connectivity index (χ0) is 54.4. The first-order valence-corrected chi connectivity index (χ1v) is 21.9. The van der Waals surface area contributed by atoms with Gasteiger partial charge in [-0.2, -0.15) is 0 Å². The van der Waals surface area contributed by atoms with Crippen molar-refractivity contribution >= 4 is 32.7 Å². The number of furan rings is 1. The van der Waals surface area contributed by atoms with E-state index in [-0.39, 0.29) is 53.2 Å². The van der Waals surface area contributed by atoms with Crippen LogP contribution < -0.4 is 0 Å². The quantitative estimate of drug-likeness (QED) is 0.156. The molecule has 3 heterocycles. The van der Waals surface area contributed by atoms with E-state index in [1.807, 2.05) is 60.7 Å². The van der Waals surface area contributed by atoms with Crippen molar-refractivity contribution in [3.8, 4) is 33.6 Å². The van der Waals surface area contributed by atoms with E-state index in [4.69, 9.17) is 18.1 Å². The first kappa shape index (κ1) is 34.5. The fourth-order valence-electron chi connectivity index (χ4n) is 9.48. The van der Waals surface area contributed by atoms with E-state index in [2.05, 4.69) is 74.1 Å². The molecule has 0 N–H and O–H groups in total. The molecule has 0 amide bonds. The molecule has 1 saturated carbocycles. The number of benzene rings is 5. The largest absolute Gasteiger partial charge is 0.500 e. The van der Waals surface area contributed by atoms with Crippen LogP contribution in [0.25, 0.3) is 66.4 Å². The molecule has 8 aromatic rings. The summed E-state index contributed by atoms with van der Waals surface area (Å²) in [5.41, 5.74) is 4.42. The summed E-state index contributed by atoms with van der Waals surface area (Å²) in [6.07, 6.45) is 1.30. The van der Waals surface area contributed by atoms with Gasteiger partial charge in [0.1, 0.15) is 5.58 Å². The second kappa shape index (κ2) is 18.2. The molecule has 5 aromatic carbocycles. The van der Waals surface area contributed by atoms with E-state index in [0.29, 0.717) is 52.1 Å². The van der Waals surface area contributed by atoms with Crippen LogP contribution in [0.15, 0.2) is 120 Å². The van der Waals surface area contributed by atoms with Crippen molar-refractivity contribution in [2.45, 2.75) is 121 Å². The van der Waals surface area contributed by atoms with Crippen LogP contribution in [0.2, 0.25) is 0 Å². The van der Waals surface area contributed by atoms with Gasteiger partial charge in [-0.25, -0.2) is 0 Å². The second-order valence-electron chi connectivity index (χ2n) is 20.8. The molecular weight excluding hydrogens is 957 g/mol. The van der Waals surface area contributed by atoms with Crippen molar-refractivity contribution < 1.29 is 39.6 Å². The van der Waals surface area contributed by atoms with Crippen LogP contribution in [-0.4, -0.2) is 9.97 Å². The molecule has 0 aliphatic heterocycles. The zero-order valence-electron chi connectivity index (χ0n) is 49.7. The van der Waals surface area contributed by atoms with Crippen molar-refractivity contribution in [2.24, 2.45) is 21.7 Å². The maximum atomic E-state index is 9.68. The van der Waals surface area contributed by atoms with E-state index in [1.165, 1.54) is 18.5 Å². The van der Waals surface area contributed by atoms with Gasteiger partial charge < -0.3 is 14.4 Å². The summed E-state index contributed by atoms with van der Waals surface area (Å²) < 4.78 is 101. The van der Waals surface area contributed by atoms with Gasteiger partial charge >= 0.3 is 0 Å². The predicted octanol–water partition coefficient (Wildman–Crippen LogP) is 16.9. The minimum absolute atomic E-state index is 0. The number of rotatable bonds is 6. The van der Waals surface area contributed by atoms with Gasteiger partial charge in [-0.15, -0.1) is 47.5 Å². The molecule has 0 saturated heterocycles. The van der Waals surface area contributed by atoms with E-state index in [1.54, 1.807) is 53.7 Å². The Morgan fingerprint density at radius 2 is 1.36 bits per heavy atom. The molecule has 1 radical (unpaired) electrons. The first-order chi connectivity index (χ1) is 34.0. The molecule has 3 nitrogen and oxygen atoms in total. The Balaban J connectivity index is 0.000000216. The zero-order valence-corrected chi connectivity index (χ0v) is 41.1. The Morgan fingerprint density at radius 1 is 0.703 bits per heavy atom. The van der Waals surface area contributed by atoms with Crippen LogP contribution >= 0.6 is 0 Å². The molecule has 1 aliphatic carbocycles. The van der Waals surface area contributed by atoms with Gasteiger partial charge in [-0.1, -0.05) is 171 Å². The summed E-state index contributed by atoms with van der Waals surface area (Å²) in [5, 5.41) is 4.12. The molecule has 3 aromatic heterocycles. The fraction of sp³-hybridized carbons (Fsp3) is 0.367. The molecule has 0 spiro atoms. The summed E-state index contributed by atoms with van der Waals surface area (Å²) in [7, 11) is 0. The number of hydrogen-bond donors (Lipinski definition) is 0. The summed E-state index contributed by atoms with van der Waals surface area (Å²) >= 11 is 0. The molecule has 1 aliphatic rings. The predicted molar refractivity (Wildman–Crippen MR) is 267 cm³/mol. The summed E-state index contributed by atoms with van der Waals surface area (Å²) in [6, 6.07) is 38.3. The third-order valence-electron chi connectivity index (χ3n) is 11.4. The second-order valence-corrected chi connectivity index (χ2v) is 20.8. The fourth-order valence-corrected chi connectivity index (χ4v) is 9.48. The van der Waals surface area contributed by atoms with E-state index < -0.39 is 43.2 Å². The first-order valence-electron chi connectivity index (χ1n) is 27.4. The molecule has 4 heteroatoms. The number of nitrogens with zero attached hydrogens (tertiary/aromatic N) is 2. The molecule has 0 atom stereocenters. The SMILES string of the molecule is [2H]C([2H])([2H])c1c[c-]c(-c2cc(C([2H])([2H])C(C)(C)C)c(C([2H])([2H])C(C)(C)C)cn2)cc1-c1ccccc1.[2H]C([2H])([2H])c1cnc(-c2[c-]ccc3c2oc2c4ccccc4ccc32)cc1C1([2H])CC(C)(C)CC(C)(C)C1.[Ir]. The van der Waals surface area contributed by atoms with Crippen LogP contribution in [0.4, 0.5) is 0 Å². The van der Waals surface area contributed by atoms with Crippen molar-refractivity contribution in [3.63, 3.8) is 0 Å². The van der Waals surface area contributed by atoms with Gasteiger partial charge in [0.15, 0.2) is 0 Å². The van der Waals surface area contributed by atoms with Gasteiger partial charge in [0.25, 0.3) is 0 Å². The third-order valence-corrected chi connectivity index (χ3v) is 11.4. The summed E-state index contributed by atoms with van der Waals surface area (Å²) in [5.74, 6) is -1.05. The molecular formula is C60H66IrN2O-2. The van der Waals surface area contributed by atoms with Crippen molar-refractivity contribution in [1.82, 2.24) is 9.97 Å². The number of pyridine rings is 2. The Kier molecular flexibility index (Phi) is 9.79. The average Bonchev–Trinajstić information content (AvgIpc) is 3.69. The maximum absolute atomic E-state index is 9.68. The van der Waals surface area contributed by atoms with Crippen LogP contribution in [0.1, 0.15) is 137 Å². The van der Waals surface area contributed by atoms with Crippen molar-refractivity contribution in [1.29, 1.82) is 0 Å². The molecule has 0 bridgehead atoms. The molecule has 1 fully saturated rings. The van der Waals surface area contributed by atoms with Crippen LogP contribution in [-0.2, 0) is 32.9 Å². The van der Waals surface area contributed by atoms with Gasteiger partial charge in [-0.05, 0) is 111 Å². The number of aromatic nitrogens is 2. The monoisotopic (exact) mass is 1030 g/mol. The van der Waals surface area contributed by atoms with Crippen LogP contribution in [0.3, 0.4) is 0 Å². The number of hydrogen-bond acceptors (Lipinski definition) is 3. The van der Waals surface area contributed by atoms with Crippen LogP contribution in [0.5, 0.6) is 0 Å². The van der Waals surface area contributed by atoms with Gasteiger partial charge in [0.2, 0.25) is 0 Å². The molecule has 64 heavy (non-hydrogen) atoms. The Morgan fingerprint density at radius 3 is 2.06 bits per heavy atom. The normalized spacial score (nSPS) is 19.1. The van der Waals surface area contributed by atoms with E-state index in [0.717, 1.165) is 39.1 Å². The molecule has 0 unspecified atom stereocenters. The Hall–Kier alpha value is -4.89. The van der Waals surface area contributed by atoms with Gasteiger partial charge in [0, 0.05) is 58.3 Å². The molecule has 333 valence electrons. The standard InChI is InChI=1S/C32H32NO.C28H34N.Ir/c1-20-18-33-28(15-27(20)22-16-31(2,3)19-32(4,5)17-22)26-12-8-11-24-25-14-13-21-9-6-7-10-23(21)29(25)34-30(24)26;1-20-13-14-22(15-25(20)21-11-9-8-10-12-21)26-16-23(17-27(2,3)4)24(19-29-26)18-28(5,6)7;/h6-11,13-15,18,22H,16-17,19H2,1-5H3;8-13,15-16,19H,17-18H2,1-7H3;/q2*-1;/i1D3,22D;1D3,17D2,18D2;. The van der Waals surface area contributed by atoms with Crippen molar-refractivity contribution in [2.75, 3.05) is 0 Å². The topological polar surface area (TPSA) is 38.9 Å². The minimum atomic E-state index is -2.37. The van der Waals surface area contributed by atoms with Gasteiger partial charge in [-0.3, -0.25) is 0 Å². The average molecular weight is 1030 g/mol. The van der Waals surface area contributed by atoms with Crippen LogP contribution in [0, 0.1) is 47.5 Å². The number of aryl methyl sites for hydroxylation is 2. The van der Waals surface area contributed by atoms with E-state index >= 15 is 0 Å². The van der Waals surface area contributed by atoms with Gasteiger partial charge in [0.05, 0.1) is 5.58 Å². The van der Waals surface area contributed by atoms with E-state index in [9.17, 15) is 1.37 Å². The van der Waals surface area contributed by atoms with Crippen molar-refractivity contribution in [3.05, 3.63) is 155 Å². The minimum Gasteiger partial charge on any atom is -0.500 e. The summed E-state index contributed by atoms with van der Waals surface area (Å²) in [4.78, 5) is 9.16. The molecule has 9 rings (SSSR count). The Bertz CT molecular complexity index is 3380. The summed E-state index contributed by atoms with van der Waals surface area (Å²) in [6.45, 7) is 14.7. The number of fused-ring (bicyclic) bond motifs is 5. The Labute approximate surface area is 412 Å². The maximum Gasteiger partial charge on any atom is 0.128 e.